The zero-order valence-corrected chi connectivity index (χ0v) is 11.7. The summed E-state index contributed by atoms with van der Waals surface area (Å²) in [5.74, 6) is 0. The van der Waals surface area contributed by atoms with Gasteiger partial charge in [0.25, 0.3) is 0 Å². The summed E-state index contributed by atoms with van der Waals surface area (Å²) in [4.78, 5) is 1.98. The van der Waals surface area contributed by atoms with E-state index in [-0.39, 0.29) is 0 Å². The lowest BCUT2D eigenvalue weighted by molar-refractivity contribution is -0.0573. The fourth-order valence-electron chi connectivity index (χ4n) is 2.06. The first-order valence-corrected chi connectivity index (χ1v) is 7.21. The Morgan fingerprint density at radius 1 is 0.824 bits per heavy atom. The molecule has 0 aliphatic heterocycles. The number of nitrogens with zero attached hydrogens (tertiary/aromatic N) is 1. The minimum atomic E-state index is -1.20. The van der Waals surface area contributed by atoms with Gasteiger partial charge in [-0.15, -0.1) is 0 Å². The summed E-state index contributed by atoms with van der Waals surface area (Å²) in [5, 5.41) is 17.6. The van der Waals surface area contributed by atoms with Crippen molar-refractivity contribution in [2.24, 2.45) is 0 Å². The molecule has 0 radical (unpaired) electrons. The smallest absolute Gasteiger partial charge is 0.164 e. The van der Waals surface area contributed by atoms with Gasteiger partial charge in [-0.2, -0.15) is 0 Å². The van der Waals surface area contributed by atoms with Gasteiger partial charge in [0.15, 0.2) is 6.29 Å². The van der Waals surface area contributed by atoms with E-state index in [0.717, 1.165) is 13.0 Å². The highest BCUT2D eigenvalue weighted by Gasteiger charge is 2.02. The summed E-state index contributed by atoms with van der Waals surface area (Å²) >= 11 is 0. The molecule has 0 amide bonds. The number of hydrogen-bond donors (Lipinski definition) is 2. The maximum atomic E-state index is 8.78. The maximum absolute atomic E-state index is 8.78. The summed E-state index contributed by atoms with van der Waals surface area (Å²) in [5.41, 5.74) is 0. The zero-order valence-electron chi connectivity index (χ0n) is 11.7. The Labute approximate surface area is 107 Å². The third-order valence-electron chi connectivity index (χ3n) is 3.12. The second kappa shape index (κ2) is 12.3. The highest BCUT2D eigenvalue weighted by Crippen LogP contribution is 2.09. The molecule has 0 rings (SSSR count). The molecule has 0 aromatic carbocycles. The third-order valence-corrected chi connectivity index (χ3v) is 3.12. The highest BCUT2D eigenvalue weighted by molar-refractivity contribution is 4.53. The van der Waals surface area contributed by atoms with Crippen molar-refractivity contribution in [3.8, 4) is 0 Å². The van der Waals surface area contributed by atoms with E-state index >= 15 is 0 Å². The van der Waals surface area contributed by atoms with Gasteiger partial charge in [0.05, 0.1) is 0 Å². The molecule has 0 fully saturated rings. The molecule has 0 saturated heterocycles. The molecular weight excluding hydrogens is 214 g/mol. The van der Waals surface area contributed by atoms with Crippen LogP contribution in [0.4, 0.5) is 0 Å². The lowest BCUT2D eigenvalue weighted by Gasteiger charge is -2.17. The van der Waals surface area contributed by atoms with Crippen molar-refractivity contribution in [1.82, 2.24) is 4.90 Å². The Hall–Kier alpha value is -0.120. The van der Waals surface area contributed by atoms with Crippen LogP contribution in [0.1, 0.15) is 64.7 Å². The van der Waals surface area contributed by atoms with Crippen molar-refractivity contribution in [3.05, 3.63) is 0 Å². The molecule has 3 heteroatoms. The molecular formula is C14H31NO2. The average Bonchev–Trinajstić information content (AvgIpc) is 2.26. The van der Waals surface area contributed by atoms with E-state index in [1.165, 1.54) is 51.4 Å². The third kappa shape index (κ3) is 13.8. The molecule has 0 saturated carbocycles. The first-order valence-electron chi connectivity index (χ1n) is 7.21. The first-order chi connectivity index (χ1) is 8.16. The van der Waals surface area contributed by atoms with Gasteiger partial charge in [-0.3, -0.25) is 0 Å². The summed E-state index contributed by atoms with van der Waals surface area (Å²) in [6, 6.07) is 0. The molecule has 3 nitrogen and oxygen atoms in total. The fourth-order valence-corrected chi connectivity index (χ4v) is 2.06. The predicted molar refractivity (Wildman–Crippen MR) is 72.9 cm³/mol. The van der Waals surface area contributed by atoms with Crippen LogP contribution in [0.25, 0.3) is 0 Å². The van der Waals surface area contributed by atoms with Crippen LogP contribution in [0.2, 0.25) is 0 Å². The van der Waals surface area contributed by atoms with Crippen LogP contribution in [0.5, 0.6) is 0 Å². The van der Waals surface area contributed by atoms with Crippen LogP contribution < -0.4 is 0 Å². The largest absolute Gasteiger partial charge is 0.367 e. The Kier molecular flexibility index (Phi) is 12.3. The molecule has 0 aromatic heterocycles. The van der Waals surface area contributed by atoms with Crippen LogP contribution in [0, 0.1) is 0 Å². The van der Waals surface area contributed by atoms with Gasteiger partial charge in [-0.25, -0.2) is 0 Å². The van der Waals surface area contributed by atoms with Crippen molar-refractivity contribution in [2.75, 3.05) is 20.1 Å². The quantitative estimate of drug-likeness (QED) is 0.410. The molecule has 0 atom stereocenters. The van der Waals surface area contributed by atoms with Crippen LogP contribution in [0.3, 0.4) is 0 Å². The maximum Gasteiger partial charge on any atom is 0.164 e. The molecule has 0 aromatic rings. The number of unbranched alkanes of at least 4 members (excludes halogenated alkanes) is 8. The van der Waals surface area contributed by atoms with E-state index in [1.54, 1.807) is 0 Å². The normalized spacial score (nSPS) is 11.6. The average molecular weight is 245 g/mol. The van der Waals surface area contributed by atoms with E-state index in [0.29, 0.717) is 6.54 Å². The van der Waals surface area contributed by atoms with Crippen LogP contribution in [-0.4, -0.2) is 41.5 Å². The molecule has 17 heavy (non-hydrogen) atoms. The van der Waals surface area contributed by atoms with E-state index in [2.05, 4.69) is 6.92 Å². The van der Waals surface area contributed by atoms with E-state index in [9.17, 15) is 0 Å². The van der Waals surface area contributed by atoms with E-state index < -0.39 is 6.29 Å². The van der Waals surface area contributed by atoms with Crippen LogP contribution >= 0.6 is 0 Å². The number of likely N-dealkylation sites (N-methyl/N-ethyl adjacent to an activating group) is 1. The van der Waals surface area contributed by atoms with Crippen molar-refractivity contribution in [2.45, 2.75) is 71.0 Å². The summed E-state index contributed by atoms with van der Waals surface area (Å²) < 4.78 is 0. The van der Waals surface area contributed by atoms with Crippen molar-refractivity contribution >= 4 is 0 Å². The fraction of sp³-hybridized carbons (Fsp3) is 1.00. The summed E-state index contributed by atoms with van der Waals surface area (Å²) in [6.45, 7) is 3.57. The van der Waals surface area contributed by atoms with Crippen molar-refractivity contribution in [3.63, 3.8) is 0 Å². The van der Waals surface area contributed by atoms with Gasteiger partial charge in [-0.05, 0) is 20.0 Å². The summed E-state index contributed by atoms with van der Waals surface area (Å²) in [7, 11) is 1.93. The van der Waals surface area contributed by atoms with Gasteiger partial charge in [0.1, 0.15) is 0 Å². The lowest BCUT2D eigenvalue weighted by Crippen LogP contribution is -2.29. The number of rotatable bonds is 12. The SMILES string of the molecule is CCCCCCCCCCCN(C)CC(O)O. The van der Waals surface area contributed by atoms with Gasteiger partial charge in [0.2, 0.25) is 0 Å². The Bertz CT molecular complexity index is 151. The molecule has 0 aliphatic carbocycles. The Morgan fingerprint density at radius 3 is 1.76 bits per heavy atom. The minimum Gasteiger partial charge on any atom is -0.367 e. The van der Waals surface area contributed by atoms with E-state index in [4.69, 9.17) is 10.2 Å². The van der Waals surface area contributed by atoms with Gasteiger partial charge in [-0.1, -0.05) is 58.3 Å². The number of aliphatic hydroxyl groups excluding tert-OH is 1. The number of hydrogen-bond acceptors (Lipinski definition) is 3. The topological polar surface area (TPSA) is 43.7 Å². The molecule has 104 valence electrons. The number of aliphatic hydroxyl groups is 2. The van der Waals surface area contributed by atoms with Crippen molar-refractivity contribution in [1.29, 1.82) is 0 Å². The highest BCUT2D eigenvalue weighted by atomic mass is 16.5. The van der Waals surface area contributed by atoms with Crippen molar-refractivity contribution < 1.29 is 10.2 Å². The van der Waals surface area contributed by atoms with Gasteiger partial charge in [0, 0.05) is 6.54 Å². The lowest BCUT2D eigenvalue weighted by atomic mass is 10.1. The molecule has 2 N–H and O–H groups in total. The Morgan fingerprint density at radius 2 is 1.29 bits per heavy atom. The zero-order chi connectivity index (χ0) is 12.9. The predicted octanol–water partition coefficient (Wildman–Crippen LogP) is 2.76. The summed E-state index contributed by atoms with van der Waals surface area (Å²) in [6.07, 6.45) is 10.8. The second-order valence-corrected chi connectivity index (χ2v) is 5.07. The molecule has 0 aliphatic rings. The molecule has 0 spiro atoms. The molecule has 0 bridgehead atoms. The standard InChI is InChI=1S/C14H31NO2/c1-3-4-5-6-7-8-9-10-11-12-15(2)13-14(16)17/h14,16-17H,3-13H2,1-2H3. The second-order valence-electron chi connectivity index (χ2n) is 5.07. The van der Waals surface area contributed by atoms with Crippen LogP contribution in [-0.2, 0) is 0 Å². The van der Waals surface area contributed by atoms with Crippen LogP contribution in [0.15, 0.2) is 0 Å². The minimum absolute atomic E-state index is 0.358. The van der Waals surface area contributed by atoms with Gasteiger partial charge < -0.3 is 15.1 Å². The molecule has 0 unspecified atom stereocenters. The Balaban J connectivity index is 3.07. The van der Waals surface area contributed by atoms with Gasteiger partial charge >= 0.3 is 0 Å². The monoisotopic (exact) mass is 245 g/mol. The molecule has 0 heterocycles. The van der Waals surface area contributed by atoms with E-state index in [1.807, 2.05) is 11.9 Å². The first kappa shape index (κ1) is 16.9.